The van der Waals surface area contributed by atoms with Gasteiger partial charge in [0.2, 0.25) is 5.91 Å². The van der Waals surface area contributed by atoms with E-state index >= 15 is 0 Å². The minimum absolute atomic E-state index is 0.0690. The molecule has 35 heavy (non-hydrogen) atoms. The van der Waals surface area contributed by atoms with Crippen LogP contribution in [0.1, 0.15) is 48.7 Å². The van der Waals surface area contributed by atoms with Crippen molar-refractivity contribution in [3.8, 4) is 0 Å². The first kappa shape index (κ1) is 24.8. The fourth-order valence-corrected chi connectivity index (χ4v) is 4.48. The summed E-state index contributed by atoms with van der Waals surface area (Å²) in [5, 5.41) is 9.84. The quantitative estimate of drug-likeness (QED) is 0.397. The second kappa shape index (κ2) is 10.1. The summed E-state index contributed by atoms with van der Waals surface area (Å²) >= 11 is 6.08. The first-order chi connectivity index (χ1) is 16.6. The van der Waals surface area contributed by atoms with Crippen LogP contribution < -0.4 is 16.0 Å². The van der Waals surface area contributed by atoms with Crippen LogP contribution in [0.5, 0.6) is 0 Å². The van der Waals surface area contributed by atoms with Crippen molar-refractivity contribution in [3.63, 3.8) is 0 Å². The van der Waals surface area contributed by atoms with Crippen molar-refractivity contribution < 1.29 is 22.8 Å². The van der Waals surface area contributed by atoms with E-state index in [-0.39, 0.29) is 29.4 Å². The average molecular weight is 505 g/mol. The summed E-state index contributed by atoms with van der Waals surface area (Å²) in [6, 6.07) is 12.2. The second-order valence-corrected chi connectivity index (χ2v) is 9.04. The third-order valence-electron chi connectivity index (χ3n) is 5.97. The van der Waals surface area contributed by atoms with Gasteiger partial charge >= 0.3 is 6.18 Å². The molecular weight excluding hydrogens is 481 g/mol. The molecule has 1 heterocycles. The van der Waals surface area contributed by atoms with Gasteiger partial charge in [-0.2, -0.15) is 13.2 Å². The zero-order valence-electron chi connectivity index (χ0n) is 18.9. The molecule has 0 bridgehead atoms. The molecule has 0 unspecified atom stereocenters. The van der Waals surface area contributed by atoms with Crippen LogP contribution in [0.3, 0.4) is 0 Å². The molecule has 2 aromatic carbocycles. The third-order valence-corrected chi connectivity index (χ3v) is 6.20. The molecule has 0 spiro atoms. The van der Waals surface area contributed by atoms with Gasteiger partial charge < -0.3 is 16.0 Å². The summed E-state index contributed by atoms with van der Waals surface area (Å²) in [7, 11) is 0. The van der Waals surface area contributed by atoms with Crippen LogP contribution >= 0.6 is 11.6 Å². The highest BCUT2D eigenvalue weighted by Crippen LogP contribution is 2.35. The zero-order valence-corrected chi connectivity index (χ0v) is 19.6. The van der Waals surface area contributed by atoms with Crippen molar-refractivity contribution in [2.75, 3.05) is 10.6 Å². The number of carbonyl (C=O) groups is 2. The van der Waals surface area contributed by atoms with E-state index in [1.54, 1.807) is 30.3 Å². The van der Waals surface area contributed by atoms with Crippen LogP contribution in [0.25, 0.3) is 10.9 Å². The van der Waals surface area contributed by atoms with E-state index in [1.807, 2.05) is 0 Å². The summed E-state index contributed by atoms with van der Waals surface area (Å²) in [6.45, 7) is 1.38. The average Bonchev–Trinajstić information content (AvgIpc) is 2.80. The number of benzene rings is 2. The van der Waals surface area contributed by atoms with E-state index in [0.717, 1.165) is 6.07 Å². The molecule has 1 aliphatic carbocycles. The summed E-state index contributed by atoms with van der Waals surface area (Å²) < 4.78 is 40.2. The van der Waals surface area contributed by atoms with Gasteiger partial charge in [0.1, 0.15) is 5.69 Å². The number of pyridine rings is 1. The Morgan fingerprint density at radius 1 is 0.971 bits per heavy atom. The number of carbonyl (C=O) groups excluding carboxylic acids is 2. The van der Waals surface area contributed by atoms with Crippen LogP contribution in [-0.2, 0) is 11.0 Å². The normalized spacial score (nSPS) is 18.2. The van der Waals surface area contributed by atoms with Gasteiger partial charge in [0.15, 0.2) is 0 Å². The van der Waals surface area contributed by atoms with Crippen molar-refractivity contribution >= 4 is 45.7 Å². The molecule has 0 atom stereocenters. The molecule has 2 amide bonds. The van der Waals surface area contributed by atoms with Gasteiger partial charge in [0.05, 0.1) is 16.8 Å². The van der Waals surface area contributed by atoms with Gasteiger partial charge in [0.25, 0.3) is 5.91 Å². The number of fused-ring (bicyclic) bond motifs is 1. The zero-order chi connectivity index (χ0) is 25.2. The Labute approximate surface area is 205 Å². The van der Waals surface area contributed by atoms with Gasteiger partial charge in [-0.05, 0) is 62.1 Å². The smallest absolute Gasteiger partial charge is 0.382 e. The largest absolute Gasteiger partial charge is 0.433 e. The minimum atomic E-state index is -4.57. The van der Waals surface area contributed by atoms with E-state index in [0.29, 0.717) is 53.0 Å². The van der Waals surface area contributed by atoms with Gasteiger partial charge in [-0.15, -0.1) is 0 Å². The lowest BCUT2D eigenvalue weighted by molar-refractivity contribution is -0.140. The number of nitrogens with one attached hydrogen (secondary N) is 3. The summed E-state index contributed by atoms with van der Waals surface area (Å²) in [6.07, 6.45) is -1.95. The molecule has 0 radical (unpaired) electrons. The number of hydrogen-bond donors (Lipinski definition) is 3. The first-order valence-electron chi connectivity index (χ1n) is 11.2. The molecule has 3 aromatic rings. The number of amides is 2. The topological polar surface area (TPSA) is 83.1 Å². The predicted octanol–water partition coefficient (Wildman–Crippen LogP) is 6.02. The Morgan fingerprint density at radius 2 is 1.66 bits per heavy atom. The molecule has 3 N–H and O–H groups in total. The standard InChI is InChI=1S/C25H24ClF3N4O2/c1-14(34)30-20-5-3-2-4-18(20)24(35)32-17-9-7-16(8-10-17)31-22-13-23(25(27,28)29)33-21-11-6-15(26)12-19(21)22/h2-6,11-13,16-17H,7-10H2,1H3,(H,30,34)(H,31,33)(H,32,35)/t16-,17+. The van der Waals surface area contributed by atoms with Crippen molar-refractivity contribution in [2.45, 2.75) is 50.9 Å². The van der Waals surface area contributed by atoms with Crippen LogP contribution in [-0.4, -0.2) is 28.9 Å². The molecule has 0 aliphatic heterocycles. The Balaban J connectivity index is 1.43. The highest BCUT2D eigenvalue weighted by Gasteiger charge is 2.34. The number of halogens is 4. The third kappa shape index (κ3) is 6.03. The molecule has 1 aliphatic rings. The summed E-state index contributed by atoms with van der Waals surface area (Å²) in [5.74, 6) is -0.550. The van der Waals surface area contributed by atoms with Gasteiger partial charge in [-0.3, -0.25) is 9.59 Å². The molecule has 6 nitrogen and oxygen atoms in total. The highest BCUT2D eigenvalue weighted by molar-refractivity contribution is 6.31. The van der Waals surface area contributed by atoms with Crippen LogP contribution in [0.4, 0.5) is 24.5 Å². The Bertz CT molecular complexity index is 1260. The van der Waals surface area contributed by atoms with Crippen molar-refractivity contribution in [3.05, 3.63) is 64.8 Å². The monoisotopic (exact) mass is 504 g/mol. The Morgan fingerprint density at radius 3 is 2.34 bits per heavy atom. The summed E-state index contributed by atoms with van der Waals surface area (Å²) in [5.41, 5.74) is 0.403. The van der Waals surface area contributed by atoms with Crippen LogP contribution in [0, 0.1) is 0 Å². The Kier molecular flexibility index (Phi) is 7.16. The van der Waals surface area contributed by atoms with Gasteiger partial charge in [-0.1, -0.05) is 23.7 Å². The lowest BCUT2D eigenvalue weighted by Crippen LogP contribution is -2.40. The SMILES string of the molecule is CC(=O)Nc1ccccc1C(=O)N[C@H]1CC[C@@H](Nc2cc(C(F)(F)F)nc3ccc(Cl)cc23)CC1. The minimum Gasteiger partial charge on any atom is -0.382 e. The highest BCUT2D eigenvalue weighted by atomic mass is 35.5. The van der Waals surface area contributed by atoms with Crippen molar-refractivity contribution in [1.29, 1.82) is 0 Å². The first-order valence-corrected chi connectivity index (χ1v) is 11.6. The van der Waals surface area contributed by atoms with Crippen molar-refractivity contribution in [2.24, 2.45) is 0 Å². The molecule has 1 saturated carbocycles. The molecular formula is C25H24ClF3N4O2. The fraction of sp³-hybridized carbons (Fsp3) is 0.320. The van der Waals surface area contributed by atoms with Crippen LogP contribution in [0.2, 0.25) is 5.02 Å². The van der Waals surface area contributed by atoms with Crippen LogP contribution in [0.15, 0.2) is 48.5 Å². The predicted molar refractivity (Wildman–Crippen MR) is 130 cm³/mol. The maximum Gasteiger partial charge on any atom is 0.433 e. The van der Waals surface area contributed by atoms with E-state index in [2.05, 4.69) is 20.9 Å². The molecule has 1 aromatic heterocycles. The number of anilines is 2. The number of nitrogens with zero attached hydrogens (tertiary/aromatic N) is 1. The maximum atomic E-state index is 13.4. The molecule has 184 valence electrons. The number of aromatic nitrogens is 1. The molecule has 1 fully saturated rings. The fourth-order valence-electron chi connectivity index (χ4n) is 4.31. The van der Waals surface area contributed by atoms with E-state index in [4.69, 9.17) is 11.6 Å². The second-order valence-electron chi connectivity index (χ2n) is 8.61. The van der Waals surface area contributed by atoms with Gasteiger partial charge in [-0.25, -0.2) is 4.98 Å². The molecule has 10 heteroatoms. The Hall–Kier alpha value is -3.33. The van der Waals surface area contributed by atoms with E-state index < -0.39 is 11.9 Å². The summed E-state index contributed by atoms with van der Waals surface area (Å²) in [4.78, 5) is 28.0. The molecule has 0 saturated heterocycles. The lowest BCUT2D eigenvalue weighted by Gasteiger charge is -2.31. The maximum absolute atomic E-state index is 13.4. The van der Waals surface area contributed by atoms with E-state index in [9.17, 15) is 22.8 Å². The molecule has 4 rings (SSSR count). The number of para-hydroxylation sites is 1. The number of rotatable bonds is 5. The number of alkyl halides is 3. The number of hydrogen-bond acceptors (Lipinski definition) is 4. The van der Waals surface area contributed by atoms with Crippen molar-refractivity contribution in [1.82, 2.24) is 10.3 Å². The van der Waals surface area contributed by atoms with Gasteiger partial charge in [0, 0.05) is 35.1 Å². The van der Waals surface area contributed by atoms with E-state index in [1.165, 1.54) is 19.1 Å². The lowest BCUT2D eigenvalue weighted by atomic mass is 9.90.